The Labute approximate surface area is 125 Å². The highest BCUT2D eigenvalue weighted by atomic mass is 35.5. The summed E-state index contributed by atoms with van der Waals surface area (Å²) in [5.41, 5.74) is 1.17. The lowest BCUT2D eigenvalue weighted by atomic mass is 10.1. The van der Waals surface area contributed by atoms with Crippen LogP contribution in [0.1, 0.15) is 31.9 Å². The Morgan fingerprint density at radius 3 is 2.55 bits per heavy atom. The summed E-state index contributed by atoms with van der Waals surface area (Å²) in [4.78, 5) is 0. The SMILES string of the molecule is CCCNC(C)c1ccc(Oc2ccccc2)c(Cl)c1. The van der Waals surface area contributed by atoms with Crippen molar-refractivity contribution < 1.29 is 4.74 Å². The van der Waals surface area contributed by atoms with Gasteiger partial charge in [-0.2, -0.15) is 0 Å². The van der Waals surface area contributed by atoms with E-state index in [2.05, 4.69) is 25.2 Å². The van der Waals surface area contributed by atoms with Crippen molar-refractivity contribution in [2.75, 3.05) is 6.54 Å². The first kappa shape index (κ1) is 14.9. The molecule has 0 fully saturated rings. The number of nitrogens with one attached hydrogen (secondary N) is 1. The summed E-state index contributed by atoms with van der Waals surface area (Å²) in [6.45, 7) is 5.30. The van der Waals surface area contributed by atoms with Gasteiger partial charge in [0.2, 0.25) is 0 Å². The van der Waals surface area contributed by atoms with Crippen LogP contribution in [0.2, 0.25) is 5.02 Å². The van der Waals surface area contributed by atoms with Gasteiger partial charge in [-0.05, 0) is 49.7 Å². The summed E-state index contributed by atoms with van der Waals surface area (Å²) in [7, 11) is 0. The maximum atomic E-state index is 6.30. The summed E-state index contributed by atoms with van der Waals surface area (Å²) in [6.07, 6.45) is 1.12. The van der Waals surface area contributed by atoms with Gasteiger partial charge in [0.05, 0.1) is 5.02 Å². The van der Waals surface area contributed by atoms with Gasteiger partial charge in [0.1, 0.15) is 11.5 Å². The molecule has 0 saturated heterocycles. The molecule has 2 aromatic rings. The molecule has 2 aromatic carbocycles. The molecule has 0 saturated carbocycles. The number of para-hydroxylation sites is 1. The highest BCUT2D eigenvalue weighted by Gasteiger charge is 2.09. The van der Waals surface area contributed by atoms with Crippen molar-refractivity contribution in [2.45, 2.75) is 26.3 Å². The highest BCUT2D eigenvalue weighted by Crippen LogP contribution is 2.31. The molecule has 0 bridgehead atoms. The minimum Gasteiger partial charge on any atom is -0.456 e. The average Bonchev–Trinajstić information content (AvgIpc) is 2.48. The van der Waals surface area contributed by atoms with Crippen molar-refractivity contribution in [1.82, 2.24) is 5.32 Å². The third-order valence-corrected chi connectivity index (χ3v) is 3.42. The second-order valence-corrected chi connectivity index (χ2v) is 5.19. The maximum absolute atomic E-state index is 6.30. The summed E-state index contributed by atoms with van der Waals surface area (Å²) in [5.74, 6) is 1.48. The van der Waals surface area contributed by atoms with Crippen LogP contribution in [0.5, 0.6) is 11.5 Å². The molecule has 20 heavy (non-hydrogen) atoms. The topological polar surface area (TPSA) is 21.3 Å². The van der Waals surface area contributed by atoms with E-state index >= 15 is 0 Å². The van der Waals surface area contributed by atoms with E-state index in [1.54, 1.807) is 0 Å². The van der Waals surface area contributed by atoms with E-state index in [9.17, 15) is 0 Å². The molecule has 0 amide bonds. The van der Waals surface area contributed by atoms with Crippen LogP contribution in [0.3, 0.4) is 0 Å². The van der Waals surface area contributed by atoms with Gasteiger partial charge in [0.15, 0.2) is 0 Å². The minimum absolute atomic E-state index is 0.290. The Balaban J connectivity index is 2.10. The third kappa shape index (κ3) is 3.99. The van der Waals surface area contributed by atoms with E-state index in [1.807, 2.05) is 42.5 Å². The number of benzene rings is 2. The van der Waals surface area contributed by atoms with E-state index in [0.29, 0.717) is 16.8 Å². The summed E-state index contributed by atoms with van der Waals surface area (Å²) in [6, 6.07) is 15.9. The fraction of sp³-hybridized carbons (Fsp3) is 0.294. The predicted octanol–water partition coefficient (Wildman–Crippen LogP) is 5.19. The Kier molecular flexibility index (Phi) is 5.45. The molecule has 0 heterocycles. The second kappa shape index (κ2) is 7.32. The quantitative estimate of drug-likeness (QED) is 0.790. The first-order chi connectivity index (χ1) is 9.70. The van der Waals surface area contributed by atoms with Gasteiger partial charge in [0, 0.05) is 6.04 Å². The fourth-order valence-electron chi connectivity index (χ4n) is 1.96. The lowest BCUT2D eigenvalue weighted by Gasteiger charge is -2.15. The Morgan fingerprint density at radius 2 is 1.90 bits per heavy atom. The molecule has 1 unspecified atom stereocenters. The van der Waals surface area contributed by atoms with Crippen LogP contribution in [-0.2, 0) is 0 Å². The molecule has 0 aliphatic heterocycles. The van der Waals surface area contributed by atoms with Gasteiger partial charge < -0.3 is 10.1 Å². The Hall–Kier alpha value is -1.51. The molecular formula is C17H20ClNO. The van der Waals surface area contributed by atoms with Crippen molar-refractivity contribution in [3.63, 3.8) is 0 Å². The molecule has 0 aliphatic rings. The van der Waals surface area contributed by atoms with Gasteiger partial charge in [-0.15, -0.1) is 0 Å². The first-order valence-corrected chi connectivity index (χ1v) is 7.34. The fourth-order valence-corrected chi connectivity index (χ4v) is 2.19. The number of hydrogen-bond donors (Lipinski definition) is 1. The molecule has 0 radical (unpaired) electrons. The van der Waals surface area contributed by atoms with Gasteiger partial charge >= 0.3 is 0 Å². The minimum atomic E-state index is 0.290. The van der Waals surface area contributed by atoms with Crippen LogP contribution in [0.25, 0.3) is 0 Å². The lowest BCUT2D eigenvalue weighted by molar-refractivity contribution is 0.482. The largest absolute Gasteiger partial charge is 0.456 e. The lowest BCUT2D eigenvalue weighted by Crippen LogP contribution is -2.19. The smallest absolute Gasteiger partial charge is 0.146 e. The normalized spacial score (nSPS) is 12.2. The van der Waals surface area contributed by atoms with E-state index in [1.165, 1.54) is 5.56 Å². The summed E-state index contributed by atoms with van der Waals surface area (Å²) < 4.78 is 5.77. The van der Waals surface area contributed by atoms with Gasteiger partial charge in [-0.25, -0.2) is 0 Å². The van der Waals surface area contributed by atoms with Crippen LogP contribution in [0.4, 0.5) is 0 Å². The van der Waals surface area contributed by atoms with Crippen LogP contribution in [-0.4, -0.2) is 6.54 Å². The highest BCUT2D eigenvalue weighted by molar-refractivity contribution is 6.32. The predicted molar refractivity (Wildman–Crippen MR) is 84.7 cm³/mol. The zero-order valence-electron chi connectivity index (χ0n) is 11.9. The molecule has 2 nitrogen and oxygen atoms in total. The number of hydrogen-bond acceptors (Lipinski definition) is 2. The standard InChI is InChI=1S/C17H20ClNO/c1-3-11-19-13(2)14-9-10-17(16(18)12-14)20-15-7-5-4-6-8-15/h4-10,12-13,19H,3,11H2,1-2H3. The summed E-state index contributed by atoms with van der Waals surface area (Å²) >= 11 is 6.30. The molecule has 0 aromatic heterocycles. The average molecular weight is 290 g/mol. The first-order valence-electron chi connectivity index (χ1n) is 6.96. The van der Waals surface area contributed by atoms with Gasteiger partial charge in [0.25, 0.3) is 0 Å². The number of rotatable bonds is 6. The maximum Gasteiger partial charge on any atom is 0.146 e. The molecule has 1 N–H and O–H groups in total. The molecule has 0 aliphatic carbocycles. The van der Waals surface area contributed by atoms with Crippen molar-refractivity contribution in [3.8, 4) is 11.5 Å². The van der Waals surface area contributed by atoms with E-state index in [0.717, 1.165) is 18.7 Å². The molecular weight excluding hydrogens is 270 g/mol. The number of ether oxygens (including phenoxy) is 1. The molecule has 1 atom stereocenters. The molecule has 0 spiro atoms. The zero-order valence-corrected chi connectivity index (χ0v) is 12.7. The van der Waals surface area contributed by atoms with E-state index in [-0.39, 0.29) is 0 Å². The Morgan fingerprint density at radius 1 is 1.15 bits per heavy atom. The van der Waals surface area contributed by atoms with E-state index in [4.69, 9.17) is 16.3 Å². The van der Waals surface area contributed by atoms with Crippen molar-refractivity contribution in [2.24, 2.45) is 0 Å². The summed E-state index contributed by atoms with van der Waals surface area (Å²) in [5, 5.41) is 4.08. The van der Waals surface area contributed by atoms with Crippen LogP contribution in [0, 0.1) is 0 Å². The van der Waals surface area contributed by atoms with Crippen molar-refractivity contribution in [3.05, 3.63) is 59.1 Å². The van der Waals surface area contributed by atoms with Crippen molar-refractivity contribution >= 4 is 11.6 Å². The monoisotopic (exact) mass is 289 g/mol. The van der Waals surface area contributed by atoms with Crippen LogP contribution in [0.15, 0.2) is 48.5 Å². The van der Waals surface area contributed by atoms with Crippen LogP contribution < -0.4 is 10.1 Å². The number of halogens is 1. The van der Waals surface area contributed by atoms with Gasteiger partial charge in [-0.3, -0.25) is 0 Å². The molecule has 3 heteroatoms. The molecule has 2 rings (SSSR count). The third-order valence-electron chi connectivity index (χ3n) is 3.13. The van der Waals surface area contributed by atoms with Crippen LogP contribution >= 0.6 is 11.6 Å². The van der Waals surface area contributed by atoms with Gasteiger partial charge in [-0.1, -0.05) is 42.8 Å². The Bertz CT molecular complexity index is 542. The molecule has 106 valence electrons. The van der Waals surface area contributed by atoms with E-state index < -0.39 is 0 Å². The van der Waals surface area contributed by atoms with Crippen molar-refractivity contribution in [1.29, 1.82) is 0 Å². The zero-order chi connectivity index (χ0) is 14.4. The second-order valence-electron chi connectivity index (χ2n) is 4.78.